The Balaban J connectivity index is 2.12. The molecule has 0 N–H and O–H groups in total. The third kappa shape index (κ3) is 1.65. The normalized spacial score (nSPS) is 21.1. The van der Waals surface area contributed by atoms with Crippen molar-refractivity contribution >= 4 is 5.97 Å². The maximum atomic E-state index is 11.2. The first-order chi connectivity index (χ1) is 6.81. The second-order valence-corrected chi connectivity index (χ2v) is 3.36. The van der Waals surface area contributed by atoms with Crippen molar-refractivity contribution in [3.8, 4) is 0 Å². The molecule has 0 bridgehead atoms. The highest BCUT2D eigenvalue weighted by atomic mass is 16.5. The van der Waals surface area contributed by atoms with E-state index < -0.39 is 0 Å². The lowest BCUT2D eigenvalue weighted by Crippen LogP contribution is -2.06. The zero-order chi connectivity index (χ0) is 9.97. The summed E-state index contributed by atoms with van der Waals surface area (Å²) in [5.41, 5.74) is 0.597. The van der Waals surface area contributed by atoms with Gasteiger partial charge in [0.15, 0.2) is 0 Å². The van der Waals surface area contributed by atoms with Crippen LogP contribution in [0.4, 0.5) is 0 Å². The molecule has 1 aromatic rings. The maximum absolute atomic E-state index is 11.2. The Hall–Kier alpha value is -1.29. The highest BCUT2D eigenvalue weighted by molar-refractivity contribution is 5.89. The molecule has 0 aromatic carbocycles. The smallest absolute Gasteiger partial charge is 0.339 e. The van der Waals surface area contributed by atoms with Crippen LogP contribution in [0.2, 0.25) is 0 Å². The Kier molecular flexibility index (Phi) is 2.54. The van der Waals surface area contributed by atoms with E-state index in [2.05, 4.69) is 4.74 Å². The van der Waals surface area contributed by atoms with Gasteiger partial charge in [0.2, 0.25) is 0 Å². The minimum atomic E-state index is -0.289. The molecule has 4 heteroatoms. The van der Waals surface area contributed by atoms with E-state index >= 15 is 0 Å². The third-order valence-electron chi connectivity index (χ3n) is 2.46. The van der Waals surface area contributed by atoms with Crippen LogP contribution >= 0.6 is 0 Å². The van der Waals surface area contributed by atoms with Gasteiger partial charge >= 0.3 is 5.97 Å². The van der Waals surface area contributed by atoms with Gasteiger partial charge in [0, 0.05) is 19.0 Å². The second kappa shape index (κ2) is 3.84. The van der Waals surface area contributed by atoms with E-state index in [-0.39, 0.29) is 5.97 Å². The standard InChI is InChI=1S/C10H13NO3/c1-13-10(12)8-2-4-11(6-8)9-3-5-14-7-9/h2,4,6,9H,3,5,7H2,1H3. The van der Waals surface area contributed by atoms with Gasteiger partial charge in [-0.1, -0.05) is 0 Å². The first-order valence-corrected chi connectivity index (χ1v) is 4.65. The van der Waals surface area contributed by atoms with E-state index in [1.165, 1.54) is 7.11 Å². The van der Waals surface area contributed by atoms with E-state index in [9.17, 15) is 4.79 Å². The van der Waals surface area contributed by atoms with Crippen LogP contribution in [0.3, 0.4) is 0 Å². The van der Waals surface area contributed by atoms with Crippen molar-refractivity contribution in [3.05, 3.63) is 24.0 Å². The third-order valence-corrected chi connectivity index (χ3v) is 2.46. The Labute approximate surface area is 82.4 Å². The molecule has 2 heterocycles. The van der Waals surface area contributed by atoms with Crippen molar-refractivity contribution in [2.24, 2.45) is 0 Å². The summed E-state index contributed by atoms with van der Waals surface area (Å²) in [6.07, 6.45) is 4.71. The van der Waals surface area contributed by atoms with Gasteiger partial charge in [-0.15, -0.1) is 0 Å². The molecule has 1 fully saturated rings. The molecule has 1 aliphatic heterocycles. The predicted molar refractivity (Wildman–Crippen MR) is 50.2 cm³/mol. The molecule has 4 nitrogen and oxygen atoms in total. The van der Waals surface area contributed by atoms with E-state index in [1.807, 2.05) is 17.0 Å². The van der Waals surface area contributed by atoms with Gasteiger partial charge in [0.05, 0.1) is 25.3 Å². The minimum Gasteiger partial charge on any atom is -0.465 e. The van der Waals surface area contributed by atoms with Crippen LogP contribution in [0.25, 0.3) is 0 Å². The number of methoxy groups -OCH3 is 1. The quantitative estimate of drug-likeness (QED) is 0.666. The number of esters is 1. The highest BCUT2D eigenvalue weighted by Gasteiger charge is 2.18. The summed E-state index contributed by atoms with van der Waals surface area (Å²) in [4.78, 5) is 11.2. The number of hydrogen-bond donors (Lipinski definition) is 0. The van der Waals surface area contributed by atoms with E-state index in [0.29, 0.717) is 11.6 Å². The molecular formula is C10H13NO3. The molecule has 1 saturated heterocycles. The number of aromatic nitrogens is 1. The summed E-state index contributed by atoms with van der Waals surface area (Å²) in [5, 5.41) is 0. The van der Waals surface area contributed by atoms with Crippen molar-refractivity contribution in [1.82, 2.24) is 4.57 Å². The van der Waals surface area contributed by atoms with Crippen LogP contribution in [-0.4, -0.2) is 30.9 Å². The Morgan fingerprint density at radius 3 is 3.21 bits per heavy atom. The zero-order valence-electron chi connectivity index (χ0n) is 8.10. The van der Waals surface area contributed by atoms with Gasteiger partial charge in [-0.05, 0) is 12.5 Å². The Morgan fingerprint density at radius 2 is 2.57 bits per heavy atom. The van der Waals surface area contributed by atoms with Crippen LogP contribution in [0.1, 0.15) is 22.8 Å². The summed E-state index contributed by atoms with van der Waals surface area (Å²) < 4.78 is 11.9. The molecule has 0 saturated carbocycles. The Bertz CT molecular complexity index is 326. The van der Waals surface area contributed by atoms with Crippen LogP contribution in [-0.2, 0) is 9.47 Å². The van der Waals surface area contributed by atoms with Crippen molar-refractivity contribution in [2.75, 3.05) is 20.3 Å². The number of ether oxygens (including phenoxy) is 2. The van der Waals surface area contributed by atoms with Crippen LogP contribution in [0.5, 0.6) is 0 Å². The number of carbonyl (C=O) groups is 1. The van der Waals surface area contributed by atoms with Crippen LogP contribution < -0.4 is 0 Å². The topological polar surface area (TPSA) is 40.5 Å². The largest absolute Gasteiger partial charge is 0.465 e. The summed E-state index contributed by atoms with van der Waals surface area (Å²) in [6.45, 7) is 1.53. The molecule has 0 amide bonds. The van der Waals surface area contributed by atoms with Gasteiger partial charge < -0.3 is 14.0 Å². The first-order valence-electron chi connectivity index (χ1n) is 4.65. The highest BCUT2D eigenvalue weighted by Crippen LogP contribution is 2.19. The zero-order valence-corrected chi connectivity index (χ0v) is 8.10. The summed E-state index contributed by atoms with van der Waals surface area (Å²) in [6, 6.07) is 2.14. The molecule has 0 aliphatic carbocycles. The molecule has 1 atom stereocenters. The van der Waals surface area contributed by atoms with Crippen molar-refractivity contribution in [1.29, 1.82) is 0 Å². The van der Waals surface area contributed by atoms with Crippen molar-refractivity contribution in [2.45, 2.75) is 12.5 Å². The monoisotopic (exact) mass is 195 g/mol. The number of rotatable bonds is 2. The van der Waals surface area contributed by atoms with Crippen molar-refractivity contribution in [3.63, 3.8) is 0 Å². The number of hydrogen-bond acceptors (Lipinski definition) is 3. The molecule has 0 spiro atoms. The lowest BCUT2D eigenvalue weighted by Gasteiger charge is -2.08. The fraction of sp³-hybridized carbons (Fsp3) is 0.500. The summed E-state index contributed by atoms with van der Waals surface area (Å²) in [7, 11) is 1.39. The van der Waals surface area contributed by atoms with E-state index in [0.717, 1.165) is 19.6 Å². The van der Waals surface area contributed by atoms with Crippen LogP contribution in [0, 0.1) is 0 Å². The van der Waals surface area contributed by atoms with Gasteiger partial charge in [-0.3, -0.25) is 0 Å². The van der Waals surface area contributed by atoms with E-state index in [1.54, 1.807) is 6.07 Å². The first kappa shape index (κ1) is 9.27. The fourth-order valence-corrected chi connectivity index (χ4v) is 1.64. The second-order valence-electron chi connectivity index (χ2n) is 3.36. The molecule has 14 heavy (non-hydrogen) atoms. The molecule has 76 valence electrons. The molecule has 2 rings (SSSR count). The molecule has 1 aromatic heterocycles. The van der Waals surface area contributed by atoms with Gasteiger partial charge in [-0.2, -0.15) is 0 Å². The summed E-state index contributed by atoms with van der Waals surface area (Å²) >= 11 is 0. The SMILES string of the molecule is COC(=O)c1ccn(C2CCOC2)c1. The van der Waals surface area contributed by atoms with Crippen molar-refractivity contribution < 1.29 is 14.3 Å². The van der Waals surface area contributed by atoms with Crippen LogP contribution in [0.15, 0.2) is 18.5 Å². The van der Waals surface area contributed by atoms with Gasteiger partial charge in [0.1, 0.15) is 0 Å². The maximum Gasteiger partial charge on any atom is 0.339 e. The predicted octanol–water partition coefficient (Wildman–Crippen LogP) is 1.24. The molecule has 1 aliphatic rings. The lowest BCUT2D eigenvalue weighted by atomic mass is 10.2. The summed E-state index contributed by atoms with van der Waals surface area (Å²) in [5.74, 6) is -0.289. The Morgan fingerprint density at radius 1 is 1.71 bits per heavy atom. The number of nitrogens with zero attached hydrogens (tertiary/aromatic N) is 1. The average molecular weight is 195 g/mol. The fourth-order valence-electron chi connectivity index (χ4n) is 1.64. The lowest BCUT2D eigenvalue weighted by molar-refractivity contribution is 0.0600. The van der Waals surface area contributed by atoms with E-state index in [4.69, 9.17) is 4.74 Å². The van der Waals surface area contributed by atoms with Gasteiger partial charge in [-0.25, -0.2) is 4.79 Å². The number of carbonyl (C=O) groups excluding carboxylic acids is 1. The van der Waals surface area contributed by atoms with Gasteiger partial charge in [0.25, 0.3) is 0 Å². The molecule has 0 radical (unpaired) electrons. The molecule has 1 unspecified atom stereocenters. The average Bonchev–Trinajstić information content (AvgIpc) is 2.86. The minimum absolute atomic E-state index is 0.289. The molecular weight excluding hydrogens is 182 g/mol.